The molecule has 2 heterocycles. The fraction of sp³-hybridized carbons (Fsp3) is 0.667. The zero-order chi connectivity index (χ0) is 16.7. The highest BCUT2D eigenvalue weighted by atomic mass is 16.5. The first-order valence-electron chi connectivity index (χ1n) is 8.63. The van der Waals surface area contributed by atoms with Crippen molar-refractivity contribution >= 4 is 5.97 Å². The molecule has 1 fully saturated rings. The quantitative estimate of drug-likeness (QED) is 0.569. The molecule has 0 aromatic carbocycles. The predicted molar refractivity (Wildman–Crippen MR) is 91.8 cm³/mol. The lowest BCUT2D eigenvalue weighted by atomic mass is 10.1. The van der Waals surface area contributed by atoms with Crippen LogP contribution in [0.5, 0.6) is 0 Å². The minimum absolute atomic E-state index is 0.349. The second kappa shape index (κ2) is 8.99. The van der Waals surface area contributed by atoms with Gasteiger partial charge in [0.05, 0.1) is 7.11 Å². The maximum atomic E-state index is 11.7. The molecule has 0 bridgehead atoms. The number of esters is 1. The van der Waals surface area contributed by atoms with Crippen LogP contribution in [0, 0.1) is 6.92 Å². The van der Waals surface area contributed by atoms with Gasteiger partial charge in [-0.25, -0.2) is 9.78 Å². The Morgan fingerprint density at radius 3 is 2.52 bits per heavy atom. The number of pyridine rings is 1. The lowest BCUT2D eigenvalue weighted by Gasteiger charge is -2.33. The monoisotopic (exact) mass is 319 g/mol. The highest BCUT2D eigenvalue weighted by Crippen LogP contribution is 2.11. The molecule has 0 radical (unpaired) electrons. The summed E-state index contributed by atoms with van der Waals surface area (Å²) >= 11 is 0. The Morgan fingerprint density at radius 2 is 1.87 bits per heavy atom. The maximum Gasteiger partial charge on any atom is 0.356 e. The molecule has 1 aliphatic heterocycles. The first-order valence-corrected chi connectivity index (χ1v) is 8.63. The van der Waals surface area contributed by atoms with Gasteiger partial charge >= 0.3 is 5.97 Å². The van der Waals surface area contributed by atoms with Crippen molar-refractivity contribution in [3.8, 4) is 0 Å². The summed E-state index contributed by atoms with van der Waals surface area (Å²) in [6, 6.07) is 3.97. The van der Waals surface area contributed by atoms with Crippen molar-refractivity contribution in [1.82, 2.24) is 14.8 Å². The molecule has 0 spiro atoms. The number of unbranched alkanes of at least 4 members (excludes halogenated alkanes) is 1. The van der Waals surface area contributed by atoms with Gasteiger partial charge in [0.1, 0.15) is 0 Å². The van der Waals surface area contributed by atoms with E-state index in [9.17, 15) is 4.79 Å². The van der Waals surface area contributed by atoms with E-state index in [-0.39, 0.29) is 5.97 Å². The van der Waals surface area contributed by atoms with Crippen LogP contribution in [0.2, 0.25) is 0 Å². The summed E-state index contributed by atoms with van der Waals surface area (Å²) in [5.74, 6) is -0.349. The number of rotatable bonds is 7. The molecule has 5 heteroatoms. The molecule has 0 N–H and O–H groups in total. The van der Waals surface area contributed by atoms with Crippen molar-refractivity contribution in [2.45, 2.75) is 33.1 Å². The Balaban J connectivity index is 1.73. The lowest BCUT2D eigenvalue weighted by molar-refractivity contribution is 0.0593. The number of nitrogens with zero attached hydrogens (tertiary/aromatic N) is 3. The second-order valence-corrected chi connectivity index (χ2v) is 6.19. The first kappa shape index (κ1) is 17.9. The van der Waals surface area contributed by atoms with Gasteiger partial charge in [0.25, 0.3) is 0 Å². The minimum atomic E-state index is -0.349. The summed E-state index contributed by atoms with van der Waals surface area (Å²) in [4.78, 5) is 21.2. The number of aryl methyl sites for hydroxylation is 2. The third kappa shape index (κ3) is 5.29. The van der Waals surface area contributed by atoms with Crippen molar-refractivity contribution in [2.75, 3.05) is 46.4 Å². The third-order valence-corrected chi connectivity index (χ3v) is 4.60. The number of hydrogen-bond donors (Lipinski definition) is 0. The number of aromatic nitrogens is 1. The van der Waals surface area contributed by atoms with E-state index in [0.29, 0.717) is 5.69 Å². The van der Waals surface area contributed by atoms with Gasteiger partial charge in [0.2, 0.25) is 0 Å². The van der Waals surface area contributed by atoms with Gasteiger partial charge in [-0.05, 0) is 50.9 Å². The number of carbonyl (C=O) groups excluding carboxylic acids is 1. The molecule has 128 valence electrons. The summed E-state index contributed by atoms with van der Waals surface area (Å²) in [6.45, 7) is 11.2. The summed E-state index contributed by atoms with van der Waals surface area (Å²) in [5, 5.41) is 0. The molecule has 0 unspecified atom stereocenters. The smallest absolute Gasteiger partial charge is 0.356 e. The van der Waals surface area contributed by atoms with Crippen LogP contribution in [0.1, 0.15) is 41.5 Å². The molecule has 2 rings (SSSR count). The van der Waals surface area contributed by atoms with Crippen LogP contribution in [-0.4, -0.2) is 67.1 Å². The molecule has 1 aliphatic rings. The maximum absolute atomic E-state index is 11.7. The van der Waals surface area contributed by atoms with E-state index in [0.717, 1.165) is 37.2 Å². The van der Waals surface area contributed by atoms with Crippen LogP contribution in [0.15, 0.2) is 12.1 Å². The van der Waals surface area contributed by atoms with Crippen LogP contribution >= 0.6 is 0 Å². The normalized spacial score (nSPS) is 16.5. The topological polar surface area (TPSA) is 45.7 Å². The van der Waals surface area contributed by atoms with Crippen molar-refractivity contribution in [3.05, 3.63) is 29.1 Å². The first-order chi connectivity index (χ1) is 11.1. The largest absolute Gasteiger partial charge is 0.464 e. The SMILES string of the molecule is CCN1CCN(CCCCc2ccc(C)c(C(=O)OC)n2)CC1. The number of likely N-dealkylation sites (N-methyl/N-ethyl adjacent to an activating group) is 1. The van der Waals surface area contributed by atoms with Crippen molar-refractivity contribution in [3.63, 3.8) is 0 Å². The number of piperazine rings is 1. The van der Waals surface area contributed by atoms with Crippen LogP contribution in [-0.2, 0) is 11.2 Å². The number of methoxy groups -OCH3 is 1. The number of ether oxygens (including phenoxy) is 1. The van der Waals surface area contributed by atoms with Crippen LogP contribution in [0.3, 0.4) is 0 Å². The fourth-order valence-corrected chi connectivity index (χ4v) is 2.98. The van der Waals surface area contributed by atoms with Crippen LogP contribution in [0.25, 0.3) is 0 Å². The number of carbonyl (C=O) groups is 1. The molecule has 1 aromatic heterocycles. The predicted octanol–water partition coefficient (Wildman–Crippen LogP) is 2.14. The Labute approximate surface area is 139 Å². The third-order valence-electron chi connectivity index (χ3n) is 4.60. The zero-order valence-corrected chi connectivity index (χ0v) is 14.7. The van der Waals surface area contributed by atoms with Crippen molar-refractivity contribution in [1.29, 1.82) is 0 Å². The van der Waals surface area contributed by atoms with E-state index in [4.69, 9.17) is 4.74 Å². The summed E-state index contributed by atoms with van der Waals surface area (Å²) in [7, 11) is 1.40. The molecule has 5 nitrogen and oxygen atoms in total. The highest BCUT2D eigenvalue weighted by Gasteiger charge is 2.15. The summed E-state index contributed by atoms with van der Waals surface area (Å²) in [6.07, 6.45) is 3.19. The van der Waals surface area contributed by atoms with Gasteiger partial charge in [-0.3, -0.25) is 0 Å². The Hall–Kier alpha value is -1.46. The summed E-state index contributed by atoms with van der Waals surface area (Å²) < 4.78 is 4.78. The van der Waals surface area contributed by atoms with E-state index in [1.165, 1.54) is 39.7 Å². The lowest BCUT2D eigenvalue weighted by Crippen LogP contribution is -2.46. The molecule has 0 atom stereocenters. The highest BCUT2D eigenvalue weighted by molar-refractivity contribution is 5.88. The van der Waals surface area contributed by atoms with Gasteiger partial charge < -0.3 is 14.5 Å². The minimum Gasteiger partial charge on any atom is -0.464 e. The Bertz CT molecular complexity index is 511. The van der Waals surface area contributed by atoms with E-state index in [2.05, 4.69) is 21.7 Å². The van der Waals surface area contributed by atoms with Crippen molar-refractivity contribution in [2.24, 2.45) is 0 Å². The standard InChI is InChI=1S/C18H29N3O2/c1-4-20-11-13-21(14-12-20)10-6-5-7-16-9-8-15(2)17(19-16)18(22)23-3/h8-9H,4-7,10-14H2,1-3H3. The molecule has 0 saturated carbocycles. The molecule has 1 aromatic rings. The van der Waals surface area contributed by atoms with E-state index < -0.39 is 0 Å². The second-order valence-electron chi connectivity index (χ2n) is 6.19. The molecule has 0 aliphatic carbocycles. The number of hydrogen-bond acceptors (Lipinski definition) is 5. The van der Waals surface area contributed by atoms with Crippen molar-refractivity contribution < 1.29 is 9.53 Å². The van der Waals surface area contributed by atoms with Gasteiger partial charge in [0, 0.05) is 31.9 Å². The molecular weight excluding hydrogens is 290 g/mol. The van der Waals surface area contributed by atoms with Gasteiger partial charge in [-0.2, -0.15) is 0 Å². The van der Waals surface area contributed by atoms with Crippen LogP contribution < -0.4 is 0 Å². The van der Waals surface area contributed by atoms with Gasteiger partial charge in [-0.1, -0.05) is 13.0 Å². The van der Waals surface area contributed by atoms with E-state index >= 15 is 0 Å². The Kier molecular flexibility index (Phi) is 6.99. The molecule has 0 amide bonds. The van der Waals surface area contributed by atoms with Crippen LogP contribution in [0.4, 0.5) is 0 Å². The molecule has 23 heavy (non-hydrogen) atoms. The van der Waals surface area contributed by atoms with E-state index in [1.807, 2.05) is 19.1 Å². The van der Waals surface area contributed by atoms with Gasteiger partial charge in [0.15, 0.2) is 5.69 Å². The van der Waals surface area contributed by atoms with E-state index in [1.54, 1.807) is 0 Å². The summed E-state index contributed by atoms with van der Waals surface area (Å²) in [5.41, 5.74) is 2.29. The van der Waals surface area contributed by atoms with Gasteiger partial charge in [-0.15, -0.1) is 0 Å². The zero-order valence-electron chi connectivity index (χ0n) is 14.7. The fourth-order valence-electron chi connectivity index (χ4n) is 2.98. The average molecular weight is 319 g/mol. The molecule has 1 saturated heterocycles. The Morgan fingerprint density at radius 1 is 1.17 bits per heavy atom. The average Bonchev–Trinajstić information content (AvgIpc) is 2.59. The molecular formula is C18H29N3O2.